The fraction of sp³-hybridized carbons (Fsp3) is 0.156. The molecular weight excluding hydrogens is 572 g/mol. The van der Waals surface area contributed by atoms with Crippen LogP contribution in [0.25, 0.3) is 12.2 Å². The van der Waals surface area contributed by atoms with E-state index in [0.29, 0.717) is 45.8 Å². The Kier molecular flexibility index (Phi) is 8.97. The summed E-state index contributed by atoms with van der Waals surface area (Å²) in [6.07, 6.45) is 8.06. The molecule has 1 aliphatic heterocycles. The summed E-state index contributed by atoms with van der Waals surface area (Å²) in [6, 6.07) is 17.6. The first kappa shape index (κ1) is 29.3. The number of ether oxygens (including phenoxy) is 3. The van der Waals surface area contributed by atoms with E-state index >= 15 is 0 Å². The second-order valence-electron chi connectivity index (χ2n) is 9.43. The Bertz CT molecular complexity index is 1750. The van der Waals surface area contributed by atoms with Crippen molar-refractivity contribution in [1.29, 1.82) is 0 Å². The topological polar surface area (TPSA) is 113 Å². The number of hydrogen-bond acceptors (Lipinski definition) is 8. The average molecular weight is 599 g/mol. The van der Waals surface area contributed by atoms with Crippen LogP contribution in [0.2, 0.25) is 5.02 Å². The highest BCUT2D eigenvalue weighted by molar-refractivity contribution is 6.52. The van der Waals surface area contributed by atoms with E-state index in [9.17, 15) is 14.4 Å². The number of anilines is 1. The summed E-state index contributed by atoms with van der Waals surface area (Å²) in [7, 11) is 3.12. The zero-order valence-corrected chi connectivity index (χ0v) is 24.2. The number of methoxy groups -OCH3 is 2. The van der Waals surface area contributed by atoms with Crippen molar-refractivity contribution in [3.05, 3.63) is 106 Å². The van der Waals surface area contributed by atoms with E-state index < -0.39 is 11.7 Å². The minimum Gasteiger partial charge on any atom is -0.496 e. The van der Waals surface area contributed by atoms with Crippen LogP contribution in [0.4, 0.5) is 5.69 Å². The molecule has 0 unspecified atom stereocenters. The van der Waals surface area contributed by atoms with Crippen molar-refractivity contribution in [3.8, 4) is 17.2 Å². The lowest BCUT2D eigenvalue weighted by molar-refractivity contribution is -0.114. The number of amides is 1. The summed E-state index contributed by atoms with van der Waals surface area (Å²) in [5.41, 5.74) is 2.96. The molecule has 2 heterocycles. The first-order valence-electron chi connectivity index (χ1n) is 13.2. The second kappa shape index (κ2) is 13.2. The predicted molar refractivity (Wildman–Crippen MR) is 162 cm³/mol. The molecule has 11 heteroatoms. The number of aromatic nitrogens is 3. The smallest absolute Gasteiger partial charge is 0.299 e. The second-order valence-corrected chi connectivity index (χ2v) is 9.87. The normalized spacial score (nSPS) is 12.8. The van der Waals surface area contributed by atoms with Crippen molar-refractivity contribution in [2.24, 2.45) is 0 Å². The number of rotatable bonds is 12. The van der Waals surface area contributed by atoms with Crippen molar-refractivity contribution in [2.45, 2.75) is 13.2 Å². The Labute approximate surface area is 252 Å². The third-order valence-corrected chi connectivity index (χ3v) is 6.88. The number of allylic oxidation sites excluding steroid dienone is 2. The van der Waals surface area contributed by atoms with Gasteiger partial charge in [-0.05, 0) is 60.2 Å². The number of carbonyl (C=O) groups excluding carboxylic acids is 3. The predicted octanol–water partition coefficient (Wildman–Crippen LogP) is 5.05. The summed E-state index contributed by atoms with van der Waals surface area (Å²) >= 11 is 5.98. The number of ketones is 2. The molecule has 5 rings (SSSR count). The number of para-hydroxylation sites is 1. The van der Waals surface area contributed by atoms with Crippen LogP contribution >= 0.6 is 11.6 Å². The molecule has 0 bridgehead atoms. The maximum Gasteiger partial charge on any atom is 0.299 e. The molecule has 0 fully saturated rings. The molecule has 218 valence electrons. The van der Waals surface area contributed by atoms with Crippen molar-refractivity contribution in [3.63, 3.8) is 0 Å². The van der Waals surface area contributed by atoms with Gasteiger partial charge in [-0.1, -0.05) is 47.2 Å². The highest BCUT2D eigenvalue weighted by Gasteiger charge is 2.35. The fourth-order valence-corrected chi connectivity index (χ4v) is 4.65. The summed E-state index contributed by atoms with van der Waals surface area (Å²) in [5, 5.41) is 8.64. The fourth-order valence-electron chi connectivity index (χ4n) is 4.48. The van der Waals surface area contributed by atoms with Crippen LogP contribution < -0.4 is 19.1 Å². The van der Waals surface area contributed by atoms with Crippen LogP contribution in [-0.4, -0.2) is 53.2 Å². The van der Waals surface area contributed by atoms with Crippen molar-refractivity contribution in [2.75, 3.05) is 25.7 Å². The van der Waals surface area contributed by atoms with Crippen LogP contribution in [0, 0.1) is 0 Å². The van der Waals surface area contributed by atoms with Crippen LogP contribution in [0.15, 0.2) is 79.0 Å². The van der Waals surface area contributed by atoms with E-state index in [1.54, 1.807) is 54.4 Å². The number of nitrogens with zero attached hydrogens (tertiary/aromatic N) is 4. The van der Waals surface area contributed by atoms with Gasteiger partial charge >= 0.3 is 0 Å². The van der Waals surface area contributed by atoms with E-state index in [4.69, 9.17) is 25.8 Å². The van der Waals surface area contributed by atoms with Gasteiger partial charge < -0.3 is 19.1 Å². The summed E-state index contributed by atoms with van der Waals surface area (Å²) in [6.45, 7) is 0.690. The number of carbonyl (C=O) groups is 3. The number of fused-ring (bicyclic) bond motifs is 1. The van der Waals surface area contributed by atoms with E-state index in [0.717, 1.165) is 11.1 Å². The van der Waals surface area contributed by atoms with E-state index in [-0.39, 0.29) is 18.9 Å². The molecule has 1 amide bonds. The first-order chi connectivity index (χ1) is 20.9. The molecule has 43 heavy (non-hydrogen) atoms. The molecule has 0 saturated heterocycles. The van der Waals surface area contributed by atoms with E-state index in [1.165, 1.54) is 30.2 Å². The molecule has 0 atom stereocenters. The van der Waals surface area contributed by atoms with Crippen molar-refractivity contribution in [1.82, 2.24) is 15.0 Å². The number of hydrogen-bond donors (Lipinski definition) is 0. The van der Waals surface area contributed by atoms with Gasteiger partial charge in [0.05, 0.1) is 38.2 Å². The monoisotopic (exact) mass is 598 g/mol. The molecule has 1 aromatic heterocycles. The maximum atomic E-state index is 12.5. The van der Waals surface area contributed by atoms with Gasteiger partial charge in [0.15, 0.2) is 17.3 Å². The highest BCUT2D eigenvalue weighted by Crippen LogP contribution is 2.31. The Morgan fingerprint density at radius 1 is 0.907 bits per heavy atom. The van der Waals surface area contributed by atoms with Gasteiger partial charge in [0.2, 0.25) is 0 Å². The molecular formula is C32H27ClN4O6. The Morgan fingerprint density at radius 3 is 2.51 bits per heavy atom. The van der Waals surface area contributed by atoms with Gasteiger partial charge in [0.25, 0.3) is 11.7 Å². The SMILES string of the molecule is COc1ccccc1/C=C/C(=O)/C=C/c1ccc(OCc2cn(CCN3C(=O)C(=O)c4cc(Cl)ccc43)nn2)c(OC)c1. The van der Waals surface area contributed by atoms with E-state index in [1.807, 2.05) is 30.3 Å². The lowest BCUT2D eigenvalue weighted by Gasteiger charge is -2.16. The highest BCUT2D eigenvalue weighted by atomic mass is 35.5. The molecule has 3 aromatic carbocycles. The Morgan fingerprint density at radius 2 is 1.70 bits per heavy atom. The minimum atomic E-state index is -0.597. The lowest BCUT2D eigenvalue weighted by Crippen LogP contribution is -2.32. The van der Waals surface area contributed by atoms with Gasteiger partial charge in [-0.3, -0.25) is 19.1 Å². The van der Waals surface area contributed by atoms with Crippen LogP contribution in [0.5, 0.6) is 17.2 Å². The minimum absolute atomic E-state index is 0.125. The van der Waals surface area contributed by atoms with Gasteiger partial charge in [-0.25, -0.2) is 0 Å². The zero-order valence-electron chi connectivity index (χ0n) is 23.4. The summed E-state index contributed by atoms with van der Waals surface area (Å²) in [4.78, 5) is 38.5. The third kappa shape index (κ3) is 6.82. The first-order valence-corrected chi connectivity index (χ1v) is 13.6. The Balaban J connectivity index is 1.16. The summed E-state index contributed by atoms with van der Waals surface area (Å²) < 4.78 is 18.3. The summed E-state index contributed by atoms with van der Waals surface area (Å²) in [5.74, 6) is 0.318. The largest absolute Gasteiger partial charge is 0.496 e. The Hall–Kier alpha value is -5.22. The van der Waals surface area contributed by atoms with Crippen LogP contribution in [0.3, 0.4) is 0 Å². The number of halogens is 1. The molecule has 0 N–H and O–H groups in total. The van der Waals surface area contributed by atoms with Crippen LogP contribution in [0.1, 0.15) is 27.2 Å². The molecule has 10 nitrogen and oxygen atoms in total. The number of Topliss-reactive ketones (excluding diaryl/α,β-unsaturated/α-hetero) is 1. The molecule has 0 radical (unpaired) electrons. The zero-order chi connectivity index (χ0) is 30.3. The molecule has 0 aliphatic carbocycles. The van der Waals surface area contributed by atoms with Crippen molar-refractivity contribution >= 4 is 46.9 Å². The van der Waals surface area contributed by atoms with Crippen molar-refractivity contribution < 1.29 is 28.6 Å². The molecule has 1 aliphatic rings. The average Bonchev–Trinajstić information content (AvgIpc) is 3.58. The van der Waals surface area contributed by atoms with Gasteiger partial charge in [0, 0.05) is 17.1 Å². The maximum absolute atomic E-state index is 12.5. The van der Waals surface area contributed by atoms with Gasteiger partial charge in [0.1, 0.15) is 18.1 Å². The molecule has 0 saturated carbocycles. The van der Waals surface area contributed by atoms with Crippen LogP contribution in [-0.2, 0) is 22.7 Å². The van der Waals surface area contributed by atoms with Gasteiger partial charge in [-0.2, -0.15) is 0 Å². The van der Waals surface area contributed by atoms with E-state index in [2.05, 4.69) is 10.3 Å². The third-order valence-electron chi connectivity index (χ3n) is 6.64. The lowest BCUT2D eigenvalue weighted by atomic mass is 10.1. The molecule has 0 spiro atoms. The molecule has 4 aromatic rings. The number of benzene rings is 3. The standard InChI is InChI=1S/C32H27ClN4O6/c1-41-28-6-4-3-5-22(28)9-12-25(38)11-7-21-8-14-29(30(17-21)42-2)43-20-24-19-36(35-34-24)15-16-37-27-13-10-23(33)18-26(27)31(39)32(37)40/h3-14,17-19H,15-16,20H2,1-2H3/b11-7+,12-9+. The quantitative estimate of drug-likeness (QED) is 0.164. The van der Waals surface area contributed by atoms with Gasteiger partial charge in [-0.15, -0.1) is 5.10 Å².